The number of rotatable bonds is 3. The van der Waals surface area contributed by atoms with Crippen molar-refractivity contribution in [3.8, 4) is 0 Å². The summed E-state index contributed by atoms with van der Waals surface area (Å²) < 4.78 is 10.5. The summed E-state index contributed by atoms with van der Waals surface area (Å²) in [6, 6.07) is 0. The highest BCUT2D eigenvalue weighted by atomic mass is 16.6. The van der Waals surface area contributed by atoms with Crippen LogP contribution in [-0.4, -0.2) is 46.3 Å². The third-order valence-electron chi connectivity index (χ3n) is 2.77. The molecule has 0 radical (unpaired) electrons. The van der Waals surface area contributed by atoms with Gasteiger partial charge in [-0.1, -0.05) is 6.92 Å². The average Bonchev–Trinajstić information content (AvgIpc) is 2.27. The fourth-order valence-electron chi connectivity index (χ4n) is 1.94. The van der Waals surface area contributed by atoms with E-state index in [4.69, 9.17) is 9.47 Å². The Morgan fingerprint density at radius 1 is 1.13 bits per heavy atom. The number of nitrogens with zero attached hydrogens (tertiary/aromatic N) is 2. The zero-order valence-corrected chi connectivity index (χ0v) is 14.9. The maximum Gasteiger partial charge on any atom is 0.355 e. The van der Waals surface area contributed by atoms with E-state index in [2.05, 4.69) is 5.10 Å². The lowest BCUT2D eigenvalue weighted by Gasteiger charge is -2.28. The molecule has 1 rings (SSSR count). The minimum Gasteiger partial charge on any atom is -0.459 e. The van der Waals surface area contributed by atoms with E-state index in [1.54, 1.807) is 48.5 Å². The van der Waals surface area contributed by atoms with Crippen LogP contribution in [0.2, 0.25) is 0 Å². The van der Waals surface area contributed by atoms with Gasteiger partial charge < -0.3 is 9.47 Å². The zero-order chi connectivity index (χ0) is 18.0. The Labute approximate surface area is 137 Å². The van der Waals surface area contributed by atoms with Crippen LogP contribution in [0.1, 0.15) is 54.9 Å². The molecule has 1 heterocycles. The van der Waals surface area contributed by atoms with Gasteiger partial charge in [0, 0.05) is 12.3 Å². The second-order valence-corrected chi connectivity index (χ2v) is 7.63. The van der Waals surface area contributed by atoms with Crippen LogP contribution in [-0.2, 0) is 23.9 Å². The topological polar surface area (TPSA) is 85.3 Å². The van der Waals surface area contributed by atoms with Crippen molar-refractivity contribution in [3.05, 3.63) is 0 Å². The van der Waals surface area contributed by atoms with Crippen LogP contribution in [0.25, 0.3) is 0 Å². The predicted octanol–water partition coefficient (Wildman–Crippen LogP) is 1.89. The molecule has 7 nitrogen and oxygen atoms in total. The lowest BCUT2D eigenvalue weighted by atomic mass is 9.99. The molecule has 1 unspecified atom stereocenters. The van der Waals surface area contributed by atoms with Crippen LogP contribution in [0.4, 0.5) is 0 Å². The number of hydrogen-bond donors (Lipinski definition) is 0. The van der Waals surface area contributed by atoms with Crippen molar-refractivity contribution < 1.29 is 23.9 Å². The summed E-state index contributed by atoms with van der Waals surface area (Å²) in [5.41, 5.74) is -1.17. The van der Waals surface area contributed by atoms with Gasteiger partial charge in [-0.2, -0.15) is 5.10 Å². The maximum absolute atomic E-state index is 12.2. The second-order valence-electron chi connectivity index (χ2n) is 7.63. The van der Waals surface area contributed by atoms with E-state index in [-0.39, 0.29) is 30.5 Å². The molecule has 0 aromatic rings. The van der Waals surface area contributed by atoms with E-state index in [0.717, 1.165) is 5.01 Å². The van der Waals surface area contributed by atoms with E-state index >= 15 is 0 Å². The third kappa shape index (κ3) is 6.38. The van der Waals surface area contributed by atoms with Gasteiger partial charge in [0.05, 0.1) is 0 Å². The molecule has 0 aliphatic carbocycles. The van der Waals surface area contributed by atoms with Crippen molar-refractivity contribution in [3.63, 3.8) is 0 Å². The first kappa shape index (κ1) is 19.1. The van der Waals surface area contributed by atoms with Gasteiger partial charge in [0.25, 0.3) is 0 Å². The van der Waals surface area contributed by atoms with Crippen LogP contribution < -0.4 is 0 Å². The predicted molar refractivity (Wildman–Crippen MR) is 84.6 cm³/mol. The highest BCUT2D eigenvalue weighted by Gasteiger charge is 2.34. The van der Waals surface area contributed by atoms with Crippen molar-refractivity contribution in [2.45, 2.75) is 66.1 Å². The summed E-state index contributed by atoms with van der Waals surface area (Å²) in [7, 11) is 0. The molecule has 23 heavy (non-hydrogen) atoms. The van der Waals surface area contributed by atoms with Crippen molar-refractivity contribution >= 4 is 23.6 Å². The first-order valence-electron chi connectivity index (χ1n) is 7.62. The Morgan fingerprint density at radius 3 is 2.13 bits per heavy atom. The molecule has 0 bridgehead atoms. The SMILES string of the molecule is CC1CC(=O)N(CC(=O)OC(C)(C)C)N=C1C(=O)OC(C)(C)C. The lowest BCUT2D eigenvalue weighted by molar-refractivity contribution is -0.159. The molecule has 1 aliphatic heterocycles. The summed E-state index contributed by atoms with van der Waals surface area (Å²) in [4.78, 5) is 36.1. The maximum atomic E-state index is 12.2. The molecule has 0 aromatic heterocycles. The minimum absolute atomic E-state index is 0.0981. The van der Waals surface area contributed by atoms with Crippen molar-refractivity contribution in [1.82, 2.24) is 5.01 Å². The average molecular weight is 326 g/mol. The minimum atomic E-state index is -0.656. The van der Waals surface area contributed by atoms with E-state index in [0.29, 0.717) is 0 Å². The molecule has 1 amide bonds. The molecule has 0 saturated heterocycles. The van der Waals surface area contributed by atoms with Gasteiger partial charge in [-0.25, -0.2) is 9.80 Å². The second kappa shape index (κ2) is 6.68. The molecule has 7 heteroatoms. The largest absolute Gasteiger partial charge is 0.459 e. The normalized spacial score (nSPS) is 19.3. The van der Waals surface area contributed by atoms with Crippen LogP contribution in [0.5, 0.6) is 0 Å². The van der Waals surface area contributed by atoms with Crippen LogP contribution in [0.3, 0.4) is 0 Å². The van der Waals surface area contributed by atoms with Crippen molar-refractivity contribution in [2.24, 2.45) is 11.0 Å². The third-order valence-corrected chi connectivity index (χ3v) is 2.77. The number of hydrazone groups is 1. The first-order valence-corrected chi connectivity index (χ1v) is 7.62. The molecular formula is C16H26N2O5. The molecule has 1 atom stereocenters. The van der Waals surface area contributed by atoms with Crippen LogP contribution >= 0.6 is 0 Å². The molecular weight excluding hydrogens is 300 g/mol. The molecule has 0 N–H and O–H groups in total. The van der Waals surface area contributed by atoms with Gasteiger partial charge in [-0.15, -0.1) is 0 Å². The van der Waals surface area contributed by atoms with Gasteiger partial charge >= 0.3 is 11.9 Å². The fraction of sp³-hybridized carbons (Fsp3) is 0.750. The number of hydrogen-bond acceptors (Lipinski definition) is 6. The van der Waals surface area contributed by atoms with Crippen molar-refractivity contribution in [1.29, 1.82) is 0 Å². The Balaban J connectivity index is 2.89. The highest BCUT2D eigenvalue weighted by Crippen LogP contribution is 2.19. The zero-order valence-electron chi connectivity index (χ0n) is 14.9. The number of amides is 1. The fourth-order valence-corrected chi connectivity index (χ4v) is 1.94. The van der Waals surface area contributed by atoms with Gasteiger partial charge in [-0.05, 0) is 41.5 Å². The summed E-state index contributed by atoms with van der Waals surface area (Å²) >= 11 is 0. The summed E-state index contributed by atoms with van der Waals surface area (Å²) in [5, 5.41) is 5.00. The molecule has 0 aromatic carbocycles. The lowest BCUT2D eigenvalue weighted by Crippen LogP contribution is -2.44. The molecule has 1 aliphatic rings. The Kier molecular flexibility index (Phi) is 5.56. The van der Waals surface area contributed by atoms with Gasteiger partial charge in [0.2, 0.25) is 5.91 Å². The number of carbonyl (C=O) groups is 3. The molecule has 0 saturated carbocycles. The van der Waals surface area contributed by atoms with Crippen LogP contribution in [0, 0.1) is 5.92 Å². The summed E-state index contributed by atoms with van der Waals surface area (Å²) in [5.74, 6) is -1.83. The molecule has 0 spiro atoms. The van der Waals surface area contributed by atoms with Gasteiger partial charge in [0.1, 0.15) is 23.5 Å². The first-order chi connectivity index (χ1) is 10.3. The molecule has 130 valence electrons. The van der Waals surface area contributed by atoms with E-state index < -0.39 is 23.1 Å². The molecule has 0 fully saturated rings. The van der Waals surface area contributed by atoms with E-state index in [1.165, 1.54) is 0 Å². The summed E-state index contributed by atoms with van der Waals surface area (Å²) in [6.45, 7) is 11.9. The Bertz CT molecular complexity index is 526. The quantitative estimate of drug-likeness (QED) is 0.739. The van der Waals surface area contributed by atoms with E-state index in [1.807, 2.05) is 0 Å². The Morgan fingerprint density at radius 2 is 1.65 bits per heavy atom. The van der Waals surface area contributed by atoms with E-state index in [9.17, 15) is 14.4 Å². The smallest absolute Gasteiger partial charge is 0.355 e. The number of carbonyl (C=O) groups excluding carboxylic acids is 3. The summed E-state index contributed by atoms with van der Waals surface area (Å²) in [6.07, 6.45) is 0.0981. The monoisotopic (exact) mass is 326 g/mol. The number of esters is 2. The van der Waals surface area contributed by atoms with Gasteiger partial charge in [-0.3, -0.25) is 9.59 Å². The Hall–Kier alpha value is -1.92. The van der Waals surface area contributed by atoms with Gasteiger partial charge in [0.15, 0.2) is 0 Å². The highest BCUT2D eigenvalue weighted by molar-refractivity contribution is 6.38. The van der Waals surface area contributed by atoms with Crippen molar-refractivity contribution in [2.75, 3.05) is 6.54 Å². The standard InChI is InChI=1S/C16H26N2O5/c1-10-8-11(19)18(9-12(20)22-15(2,3)4)17-13(10)14(21)23-16(5,6)7/h10H,8-9H2,1-7H3. The number of ether oxygens (including phenoxy) is 2. The van der Waals surface area contributed by atoms with Crippen LogP contribution in [0.15, 0.2) is 5.10 Å².